The summed E-state index contributed by atoms with van der Waals surface area (Å²) in [6.07, 6.45) is 0. The molecule has 0 aromatic heterocycles. The fraction of sp³-hybridized carbons (Fsp3) is 0.200. The quantitative estimate of drug-likeness (QED) is 0.525. The van der Waals surface area contributed by atoms with Crippen molar-refractivity contribution in [1.29, 1.82) is 0 Å². The molecule has 0 atom stereocenters. The number of hydrogen-bond acceptors (Lipinski definition) is 4. The predicted molar refractivity (Wildman–Crippen MR) is 47.9 cm³/mol. The number of esters is 2. The molecule has 0 unspecified atom stereocenters. The minimum absolute atomic E-state index is 0.190. The molecule has 0 heterocycles. The summed E-state index contributed by atoms with van der Waals surface area (Å²) in [5.74, 6) is -0.538. The van der Waals surface area contributed by atoms with E-state index in [0.717, 1.165) is 0 Å². The van der Waals surface area contributed by atoms with Gasteiger partial charge in [-0.15, -0.1) is 0 Å². The van der Waals surface area contributed by atoms with Crippen LogP contribution < -0.4 is 9.47 Å². The molecular formula is C10H9O4. The lowest BCUT2D eigenvalue weighted by atomic mass is 10.3. The maximum Gasteiger partial charge on any atom is 0.308 e. The first kappa shape index (κ1) is 10.2. The Labute approximate surface area is 81.4 Å². The molecule has 4 heteroatoms. The highest BCUT2D eigenvalue weighted by atomic mass is 16.6. The fourth-order valence-corrected chi connectivity index (χ4v) is 0.875. The molecule has 0 saturated heterocycles. The molecule has 73 valence electrons. The van der Waals surface area contributed by atoms with Crippen LogP contribution in [0.5, 0.6) is 11.5 Å². The van der Waals surface area contributed by atoms with E-state index in [1.165, 1.54) is 26.0 Å². The maximum atomic E-state index is 10.7. The summed E-state index contributed by atoms with van der Waals surface area (Å²) in [4.78, 5) is 21.4. The molecule has 0 amide bonds. The van der Waals surface area contributed by atoms with E-state index in [2.05, 4.69) is 6.07 Å². The maximum absolute atomic E-state index is 10.7. The van der Waals surface area contributed by atoms with Gasteiger partial charge in [0.05, 0.1) is 0 Å². The minimum atomic E-state index is -0.474. The Bertz CT molecular complexity index is 322. The lowest BCUT2D eigenvalue weighted by Crippen LogP contribution is -2.06. The van der Waals surface area contributed by atoms with E-state index in [9.17, 15) is 9.59 Å². The first-order valence-corrected chi connectivity index (χ1v) is 3.96. The van der Waals surface area contributed by atoms with Gasteiger partial charge >= 0.3 is 11.9 Å². The van der Waals surface area contributed by atoms with Gasteiger partial charge in [-0.05, 0) is 18.2 Å². The normalized spacial score (nSPS) is 9.29. The monoisotopic (exact) mass is 193 g/mol. The van der Waals surface area contributed by atoms with Crippen LogP contribution in [-0.4, -0.2) is 11.9 Å². The predicted octanol–water partition coefficient (Wildman–Crippen LogP) is 1.34. The topological polar surface area (TPSA) is 52.6 Å². The zero-order valence-corrected chi connectivity index (χ0v) is 7.87. The summed E-state index contributed by atoms with van der Waals surface area (Å²) in [6, 6.07) is 7.20. The second-order valence-electron chi connectivity index (χ2n) is 2.56. The van der Waals surface area contributed by atoms with Crippen LogP contribution in [0.25, 0.3) is 0 Å². The molecule has 0 aliphatic heterocycles. The van der Waals surface area contributed by atoms with E-state index < -0.39 is 11.9 Å². The molecule has 0 fully saturated rings. The smallest absolute Gasteiger partial charge is 0.308 e. The van der Waals surface area contributed by atoms with Crippen molar-refractivity contribution in [3.05, 3.63) is 24.3 Å². The van der Waals surface area contributed by atoms with E-state index in [4.69, 9.17) is 9.47 Å². The molecule has 0 spiro atoms. The van der Waals surface area contributed by atoms with Gasteiger partial charge in [-0.3, -0.25) is 9.59 Å². The van der Waals surface area contributed by atoms with Crippen LogP contribution in [-0.2, 0) is 9.59 Å². The average Bonchev–Trinajstić information content (AvgIpc) is 2.06. The van der Waals surface area contributed by atoms with Crippen molar-refractivity contribution < 1.29 is 19.1 Å². The second kappa shape index (κ2) is 4.41. The number of carbonyl (C=O) groups is 2. The second-order valence-corrected chi connectivity index (χ2v) is 2.56. The first-order chi connectivity index (χ1) is 6.59. The van der Waals surface area contributed by atoms with Gasteiger partial charge in [0.15, 0.2) is 11.5 Å². The van der Waals surface area contributed by atoms with Crippen LogP contribution in [0.1, 0.15) is 13.8 Å². The van der Waals surface area contributed by atoms with Gasteiger partial charge in [0.1, 0.15) is 0 Å². The average molecular weight is 193 g/mol. The third-order valence-electron chi connectivity index (χ3n) is 1.30. The number of carbonyl (C=O) groups excluding carboxylic acids is 2. The van der Waals surface area contributed by atoms with Gasteiger partial charge in [-0.2, -0.15) is 0 Å². The number of benzene rings is 1. The molecule has 14 heavy (non-hydrogen) atoms. The highest BCUT2D eigenvalue weighted by Gasteiger charge is 2.08. The van der Waals surface area contributed by atoms with Crippen molar-refractivity contribution in [2.24, 2.45) is 0 Å². The molecule has 4 nitrogen and oxygen atoms in total. The van der Waals surface area contributed by atoms with Crippen LogP contribution in [0.15, 0.2) is 18.2 Å². The standard InChI is InChI=1S/C10H9O4/c1-7(11)13-9-5-3-4-6-10(9)14-8(2)12/h3,5-6H,1-2H3. The Hall–Kier alpha value is -1.84. The molecule has 1 aromatic carbocycles. The molecule has 0 bridgehead atoms. The highest BCUT2D eigenvalue weighted by Crippen LogP contribution is 2.26. The van der Waals surface area contributed by atoms with Gasteiger partial charge in [-0.1, -0.05) is 6.07 Å². The van der Waals surface area contributed by atoms with Crippen LogP contribution in [0, 0.1) is 6.07 Å². The molecular weight excluding hydrogens is 184 g/mol. The lowest BCUT2D eigenvalue weighted by Gasteiger charge is -2.06. The van der Waals surface area contributed by atoms with Gasteiger partial charge in [0.25, 0.3) is 0 Å². The third-order valence-corrected chi connectivity index (χ3v) is 1.30. The van der Waals surface area contributed by atoms with Gasteiger partial charge in [-0.25, -0.2) is 0 Å². The Kier molecular flexibility index (Phi) is 3.23. The van der Waals surface area contributed by atoms with E-state index in [0.29, 0.717) is 0 Å². The summed E-state index contributed by atoms with van der Waals surface area (Å²) in [5.41, 5.74) is 0. The fourth-order valence-electron chi connectivity index (χ4n) is 0.875. The Morgan fingerprint density at radius 1 is 1.14 bits per heavy atom. The van der Waals surface area contributed by atoms with Crippen LogP contribution >= 0.6 is 0 Å². The first-order valence-electron chi connectivity index (χ1n) is 3.96. The van der Waals surface area contributed by atoms with Crippen molar-refractivity contribution in [3.63, 3.8) is 0 Å². The largest absolute Gasteiger partial charge is 0.423 e. The summed E-state index contributed by atoms with van der Waals surface area (Å²) in [7, 11) is 0. The van der Waals surface area contributed by atoms with Crippen molar-refractivity contribution in [2.45, 2.75) is 13.8 Å². The van der Waals surface area contributed by atoms with Crippen molar-refractivity contribution in [3.8, 4) is 11.5 Å². The number of hydrogen-bond donors (Lipinski definition) is 0. The Morgan fingerprint density at radius 3 is 2.29 bits per heavy atom. The zero-order valence-electron chi connectivity index (χ0n) is 7.87. The van der Waals surface area contributed by atoms with Crippen LogP contribution in [0.2, 0.25) is 0 Å². The molecule has 0 saturated carbocycles. The highest BCUT2D eigenvalue weighted by molar-refractivity contribution is 5.73. The lowest BCUT2D eigenvalue weighted by molar-refractivity contribution is -0.134. The van der Waals surface area contributed by atoms with Crippen LogP contribution in [0.4, 0.5) is 0 Å². The number of ether oxygens (including phenoxy) is 2. The van der Waals surface area contributed by atoms with E-state index in [1.807, 2.05) is 0 Å². The summed E-state index contributed by atoms with van der Waals surface area (Å²) >= 11 is 0. The molecule has 0 aliphatic rings. The van der Waals surface area contributed by atoms with Crippen molar-refractivity contribution >= 4 is 11.9 Å². The SMILES string of the molecule is CC(=O)Oc1c[c]ccc1OC(C)=O. The van der Waals surface area contributed by atoms with Gasteiger partial charge in [0.2, 0.25) is 0 Å². The summed E-state index contributed by atoms with van der Waals surface area (Å²) in [5, 5.41) is 0. The molecule has 0 aliphatic carbocycles. The third kappa shape index (κ3) is 2.90. The summed E-state index contributed by atoms with van der Waals surface area (Å²) in [6.45, 7) is 2.54. The van der Waals surface area contributed by atoms with Crippen molar-refractivity contribution in [1.82, 2.24) is 0 Å². The van der Waals surface area contributed by atoms with E-state index >= 15 is 0 Å². The Balaban J connectivity index is 2.90. The van der Waals surface area contributed by atoms with Crippen LogP contribution in [0.3, 0.4) is 0 Å². The number of rotatable bonds is 2. The van der Waals surface area contributed by atoms with E-state index in [-0.39, 0.29) is 11.5 Å². The molecule has 1 rings (SSSR count). The van der Waals surface area contributed by atoms with Gasteiger partial charge < -0.3 is 9.47 Å². The minimum Gasteiger partial charge on any atom is -0.423 e. The molecule has 0 N–H and O–H groups in total. The molecule has 1 radical (unpaired) electrons. The van der Waals surface area contributed by atoms with E-state index in [1.54, 1.807) is 6.07 Å². The molecule has 1 aromatic rings. The van der Waals surface area contributed by atoms with Gasteiger partial charge in [0, 0.05) is 13.8 Å². The zero-order chi connectivity index (χ0) is 10.6. The summed E-state index contributed by atoms with van der Waals surface area (Å²) < 4.78 is 9.61. The Morgan fingerprint density at radius 2 is 1.71 bits per heavy atom. The van der Waals surface area contributed by atoms with Crippen molar-refractivity contribution in [2.75, 3.05) is 0 Å².